The van der Waals surface area contributed by atoms with Crippen LogP contribution < -0.4 is 24.4 Å². The molecule has 8 nitrogen and oxygen atoms in total. The molecule has 0 saturated heterocycles. The van der Waals surface area contributed by atoms with E-state index in [2.05, 4.69) is 0 Å². The highest BCUT2D eigenvalue weighted by Gasteiger charge is 2.22. The number of phenols is 2. The van der Waals surface area contributed by atoms with E-state index in [0.29, 0.717) is 22.8 Å². The molecule has 2 N–H and O–H groups in total. The number of benzene rings is 2. The second kappa shape index (κ2) is 6.99. The maximum Gasteiger partial charge on any atom is 0.202 e. The van der Waals surface area contributed by atoms with Crippen molar-refractivity contribution in [2.45, 2.75) is 0 Å². The fourth-order valence-electron chi connectivity index (χ4n) is 2.81. The van der Waals surface area contributed by atoms with Crippen LogP contribution in [0.5, 0.6) is 34.5 Å². The number of ether oxygens (including phenoxy) is 4. The van der Waals surface area contributed by atoms with Crippen LogP contribution in [0.4, 0.5) is 0 Å². The first-order chi connectivity index (χ1) is 12.9. The van der Waals surface area contributed by atoms with Crippen LogP contribution in [0.25, 0.3) is 22.3 Å². The van der Waals surface area contributed by atoms with Crippen LogP contribution in [-0.4, -0.2) is 38.7 Å². The lowest BCUT2D eigenvalue weighted by molar-refractivity contribution is 0.349. The largest absolute Gasteiger partial charge is 0.507 e. The molecule has 1 heterocycles. The SMILES string of the molecule is COc1cc(OC)c(OC)c(-c2cc(=O)c3c(O)cc(OC)c(O)c3o2)c1. The van der Waals surface area contributed by atoms with Gasteiger partial charge in [0.2, 0.25) is 5.75 Å². The zero-order chi connectivity index (χ0) is 19.7. The van der Waals surface area contributed by atoms with Crippen LogP contribution in [0.15, 0.2) is 33.5 Å². The summed E-state index contributed by atoms with van der Waals surface area (Å²) in [7, 11) is 5.71. The van der Waals surface area contributed by atoms with E-state index < -0.39 is 11.2 Å². The summed E-state index contributed by atoms with van der Waals surface area (Å²) < 4.78 is 26.7. The number of rotatable bonds is 5. The first kappa shape index (κ1) is 18.2. The number of fused-ring (bicyclic) bond motifs is 1. The van der Waals surface area contributed by atoms with Crippen LogP contribution in [0.1, 0.15) is 0 Å². The predicted octanol–water partition coefficient (Wildman–Crippen LogP) is 2.91. The second-order valence-corrected chi connectivity index (χ2v) is 5.54. The van der Waals surface area contributed by atoms with Crippen LogP contribution in [-0.2, 0) is 0 Å². The molecule has 0 unspecified atom stereocenters. The molecule has 8 heteroatoms. The van der Waals surface area contributed by atoms with Gasteiger partial charge in [-0.2, -0.15) is 0 Å². The van der Waals surface area contributed by atoms with Gasteiger partial charge >= 0.3 is 0 Å². The van der Waals surface area contributed by atoms with Gasteiger partial charge in [0, 0.05) is 18.2 Å². The highest BCUT2D eigenvalue weighted by molar-refractivity contribution is 5.91. The minimum Gasteiger partial charge on any atom is -0.507 e. The standard InChI is InChI=1S/C19H18O8/c1-23-9-5-10(18(26-4)15(6-9)25-3)13-7-11(20)16-12(21)8-14(24-2)17(22)19(16)27-13/h5-8,21-22H,1-4H3. The lowest BCUT2D eigenvalue weighted by atomic mass is 10.1. The van der Waals surface area contributed by atoms with Crippen LogP contribution in [0.3, 0.4) is 0 Å². The van der Waals surface area contributed by atoms with Gasteiger partial charge in [0.25, 0.3) is 0 Å². The summed E-state index contributed by atoms with van der Waals surface area (Å²) in [6.07, 6.45) is 0. The number of hydrogen-bond donors (Lipinski definition) is 2. The maximum atomic E-state index is 12.6. The number of hydrogen-bond acceptors (Lipinski definition) is 8. The van der Waals surface area contributed by atoms with E-state index >= 15 is 0 Å². The average molecular weight is 374 g/mol. The van der Waals surface area contributed by atoms with Crippen molar-refractivity contribution in [3.05, 3.63) is 34.5 Å². The highest BCUT2D eigenvalue weighted by Crippen LogP contribution is 2.44. The Labute approximate surface area is 154 Å². The first-order valence-electron chi connectivity index (χ1n) is 7.82. The molecule has 0 amide bonds. The maximum absolute atomic E-state index is 12.6. The Balaban J connectivity index is 2.39. The van der Waals surface area contributed by atoms with E-state index in [1.165, 1.54) is 34.5 Å². The lowest BCUT2D eigenvalue weighted by Crippen LogP contribution is -2.03. The molecule has 0 aliphatic carbocycles. The average Bonchev–Trinajstić information content (AvgIpc) is 2.68. The van der Waals surface area contributed by atoms with Crippen LogP contribution >= 0.6 is 0 Å². The predicted molar refractivity (Wildman–Crippen MR) is 97.5 cm³/mol. The van der Waals surface area contributed by atoms with E-state index in [1.54, 1.807) is 12.1 Å². The molecular formula is C19H18O8. The van der Waals surface area contributed by atoms with Crippen molar-refractivity contribution in [1.29, 1.82) is 0 Å². The fraction of sp³-hybridized carbons (Fsp3) is 0.211. The summed E-state index contributed by atoms with van der Waals surface area (Å²) in [5, 5.41) is 20.3. The van der Waals surface area contributed by atoms with E-state index in [1.807, 2.05) is 0 Å². The van der Waals surface area contributed by atoms with Gasteiger partial charge in [-0.3, -0.25) is 4.79 Å². The molecular weight excluding hydrogens is 356 g/mol. The molecule has 142 valence electrons. The van der Waals surface area contributed by atoms with Gasteiger partial charge in [0.15, 0.2) is 28.3 Å². The van der Waals surface area contributed by atoms with E-state index in [4.69, 9.17) is 23.4 Å². The monoisotopic (exact) mass is 374 g/mol. The van der Waals surface area contributed by atoms with Gasteiger partial charge in [-0.15, -0.1) is 0 Å². The summed E-state index contributed by atoms with van der Waals surface area (Å²) in [6, 6.07) is 5.55. The molecule has 0 saturated carbocycles. The topological polar surface area (TPSA) is 108 Å². The molecule has 1 aromatic heterocycles. The molecule has 27 heavy (non-hydrogen) atoms. The Morgan fingerprint density at radius 3 is 2.15 bits per heavy atom. The number of aromatic hydroxyl groups is 2. The van der Waals surface area contributed by atoms with Crippen molar-refractivity contribution < 1.29 is 33.6 Å². The Bertz CT molecular complexity index is 1070. The molecule has 0 radical (unpaired) electrons. The Morgan fingerprint density at radius 2 is 1.56 bits per heavy atom. The Hall–Kier alpha value is -3.55. The molecule has 0 aliphatic heterocycles. The number of methoxy groups -OCH3 is 4. The molecule has 0 fully saturated rings. The van der Waals surface area contributed by atoms with Gasteiger partial charge in [-0.05, 0) is 6.07 Å². The summed E-state index contributed by atoms with van der Waals surface area (Å²) in [5.41, 5.74) is -0.391. The summed E-state index contributed by atoms with van der Waals surface area (Å²) in [6.45, 7) is 0. The number of phenolic OH excluding ortho intramolecular Hbond substituents is 2. The molecule has 0 aliphatic rings. The molecule has 3 rings (SSSR count). The molecule has 0 atom stereocenters. The highest BCUT2D eigenvalue weighted by atomic mass is 16.5. The van der Waals surface area contributed by atoms with Crippen molar-refractivity contribution >= 4 is 11.0 Å². The van der Waals surface area contributed by atoms with Gasteiger partial charge < -0.3 is 33.6 Å². The van der Waals surface area contributed by atoms with Gasteiger partial charge in [0.05, 0.1) is 34.0 Å². The summed E-state index contributed by atoms with van der Waals surface area (Å²) in [4.78, 5) is 12.6. The minimum absolute atomic E-state index is 0.0320. The van der Waals surface area contributed by atoms with Crippen LogP contribution in [0.2, 0.25) is 0 Å². The molecule has 0 bridgehead atoms. The summed E-state index contributed by atoms with van der Waals surface area (Å²) >= 11 is 0. The van der Waals surface area contributed by atoms with Gasteiger partial charge in [-0.1, -0.05) is 0 Å². The van der Waals surface area contributed by atoms with Gasteiger partial charge in [0.1, 0.15) is 22.6 Å². The van der Waals surface area contributed by atoms with Crippen molar-refractivity contribution in [3.8, 4) is 45.8 Å². The smallest absolute Gasteiger partial charge is 0.202 e. The first-order valence-corrected chi connectivity index (χ1v) is 7.82. The van der Waals surface area contributed by atoms with Crippen LogP contribution in [0, 0.1) is 0 Å². The van der Waals surface area contributed by atoms with Crippen molar-refractivity contribution in [2.24, 2.45) is 0 Å². The lowest BCUT2D eigenvalue weighted by Gasteiger charge is -2.15. The normalized spacial score (nSPS) is 10.7. The molecule has 2 aromatic carbocycles. The third kappa shape index (κ3) is 2.95. The Morgan fingerprint density at radius 1 is 0.852 bits per heavy atom. The molecule has 3 aromatic rings. The van der Waals surface area contributed by atoms with Crippen molar-refractivity contribution in [1.82, 2.24) is 0 Å². The molecule has 0 spiro atoms. The zero-order valence-corrected chi connectivity index (χ0v) is 15.2. The third-order valence-corrected chi connectivity index (χ3v) is 4.09. The second-order valence-electron chi connectivity index (χ2n) is 5.54. The van der Waals surface area contributed by atoms with E-state index in [-0.39, 0.29) is 28.2 Å². The van der Waals surface area contributed by atoms with Crippen molar-refractivity contribution in [3.63, 3.8) is 0 Å². The summed E-state index contributed by atoms with van der Waals surface area (Å²) in [5.74, 6) is 0.413. The Kier molecular flexibility index (Phi) is 4.72. The van der Waals surface area contributed by atoms with Crippen molar-refractivity contribution in [2.75, 3.05) is 28.4 Å². The quantitative estimate of drug-likeness (QED) is 0.657. The van der Waals surface area contributed by atoms with E-state index in [9.17, 15) is 15.0 Å². The van der Waals surface area contributed by atoms with E-state index in [0.717, 1.165) is 6.07 Å². The zero-order valence-electron chi connectivity index (χ0n) is 15.2. The van der Waals surface area contributed by atoms with Gasteiger partial charge in [-0.25, -0.2) is 0 Å². The fourth-order valence-corrected chi connectivity index (χ4v) is 2.81. The minimum atomic E-state index is -0.550. The third-order valence-electron chi connectivity index (χ3n) is 4.09.